The van der Waals surface area contributed by atoms with Crippen LogP contribution in [-0.2, 0) is 0 Å². The molecular weight excluding hydrogens is 224 g/mol. The van der Waals surface area contributed by atoms with Crippen LogP contribution in [0.2, 0.25) is 0 Å². The molecule has 0 atom stereocenters. The second-order valence-corrected chi connectivity index (χ2v) is 3.90. The van der Waals surface area contributed by atoms with Gasteiger partial charge in [-0.15, -0.1) is 0 Å². The Bertz CT molecular complexity index is 422. The zero-order chi connectivity index (χ0) is 11.4. The first kappa shape index (κ1) is 11.0. The van der Waals surface area contributed by atoms with Gasteiger partial charge in [-0.3, -0.25) is 0 Å². The molecule has 0 bridgehead atoms. The van der Waals surface area contributed by atoms with Crippen molar-refractivity contribution in [1.29, 1.82) is 0 Å². The number of aliphatic imine (C=N–C) groups is 1. The van der Waals surface area contributed by atoms with E-state index in [0.29, 0.717) is 11.1 Å². The lowest BCUT2D eigenvalue weighted by Gasteiger charge is -2.02. The molecule has 2 rings (SSSR count). The fourth-order valence-corrected chi connectivity index (χ4v) is 1.50. The van der Waals surface area contributed by atoms with Crippen molar-refractivity contribution in [3.8, 4) is 0 Å². The maximum absolute atomic E-state index is 6.04. The summed E-state index contributed by atoms with van der Waals surface area (Å²) in [4.78, 5) is 4.14. The van der Waals surface area contributed by atoms with E-state index in [1.807, 2.05) is 31.2 Å². The van der Waals surface area contributed by atoms with Crippen molar-refractivity contribution >= 4 is 22.7 Å². The number of hydrogen-bond acceptors (Lipinski definition) is 4. The van der Waals surface area contributed by atoms with Gasteiger partial charge >= 0.3 is 0 Å². The highest BCUT2D eigenvalue weighted by molar-refractivity contribution is 6.69. The maximum Gasteiger partial charge on any atom is 0.212 e. The molecule has 0 unspecified atom stereocenters. The fraction of sp³-hybridized carbons (Fsp3) is 0.273. The normalized spacial score (nSPS) is 15.6. The van der Waals surface area contributed by atoms with Crippen LogP contribution < -0.4 is 10.7 Å². The lowest BCUT2D eigenvalue weighted by atomic mass is 10.2. The van der Waals surface area contributed by atoms with E-state index in [0.717, 1.165) is 18.7 Å². The third-order valence-corrected chi connectivity index (χ3v) is 2.53. The van der Waals surface area contributed by atoms with E-state index in [9.17, 15) is 0 Å². The Morgan fingerprint density at radius 1 is 1.44 bits per heavy atom. The lowest BCUT2D eigenvalue weighted by Crippen LogP contribution is -2.30. The van der Waals surface area contributed by atoms with E-state index >= 15 is 0 Å². The number of rotatable bonds is 2. The van der Waals surface area contributed by atoms with Crippen LogP contribution >= 0.6 is 11.6 Å². The Morgan fingerprint density at radius 2 is 2.19 bits per heavy atom. The van der Waals surface area contributed by atoms with Crippen LogP contribution in [0.3, 0.4) is 0 Å². The van der Waals surface area contributed by atoms with Gasteiger partial charge in [-0.25, -0.2) is 10.4 Å². The van der Waals surface area contributed by atoms with Crippen LogP contribution in [0, 0.1) is 6.92 Å². The quantitative estimate of drug-likeness (QED) is 0.603. The van der Waals surface area contributed by atoms with E-state index in [1.54, 1.807) is 0 Å². The summed E-state index contributed by atoms with van der Waals surface area (Å²) in [5, 5.41) is 7.52. The molecule has 5 heteroatoms. The third kappa shape index (κ3) is 2.73. The third-order valence-electron chi connectivity index (χ3n) is 2.22. The van der Waals surface area contributed by atoms with E-state index in [4.69, 9.17) is 11.6 Å². The van der Waals surface area contributed by atoms with Crippen molar-refractivity contribution in [2.75, 3.05) is 13.1 Å². The molecule has 1 aromatic carbocycles. The topological polar surface area (TPSA) is 48.8 Å². The summed E-state index contributed by atoms with van der Waals surface area (Å²) in [5.74, 6) is 0.672. The number of guanidine groups is 1. The van der Waals surface area contributed by atoms with Gasteiger partial charge in [-0.2, -0.15) is 5.10 Å². The molecule has 1 aromatic rings. The van der Waals surface area contributed by atoms with Gasteiger partial charge in [0.15, 0.2) is 5.17 Å². The highest BCUT2D eigenvalue weighted by atomic mass is 35.5. The first-order chi connectivity index (χ1) is 7.75. The molecular formula is C11H13ClN4. The minimum absolute atomic E-state index is 0.427. The second-order valence-electron chi connectivity index (χ2n) is 3.54. The SMILES string of the molecule is Cc1ccc(C(Cl)=NNC2=NCCN2)cc1. The first-order valence-corrected chi connectivity index (χ1v) is 5.48. The molecule has 16 heavy (non-hydrogen) atoms. The Hall–Kier alpha value is -1.55. The van der Waals surface area contributed by atoms with Crippen LogP contribution in [0.4, 0.5) is 0 Å². The summed E-state index contributed by atoms with van der Waals surface area (Å²) in [7, 11) is 0. The minimum atomic E-state index is 0.427. The van der Waals surface area contributed by atoms with Gasteiger partial charge in [-0.05, 0) is 6.92 Å². The number of nitrogens with zero attached hydrogens (tertiary/aromatic N) is 2. The summed E-state index contributed by atoms with van der Waals surface area (Å²) in [6, 6.07) is 7.87. The van der Waals surface area contributed by atoms with E-state index < -0.39 is 0 Å². The van der Waals surface area contributed by atoms with Crippen LogP contribution in [0.1, 0.15) is 11.1 Å². The Labute approximate surface area is 99.4 Å². The van der Waals surface area contributed by atoms with Crippen LogP contribution in [-0.4, -0.2) is 24.2 Å². The second kappa shape index (κ2) is 4.99. The Morgan fingerprint density at radius 3 is 2.81 bits per heavy atom. The molecule has 0 amide bonds. The number of hydrogen-bond donors (Lipinski definition) is 2. The number of nitrogens with one attached hydrogen (secondary N) is 2. The minimum Gasteiger partial charge on any atom is -0.353 e. The fourth-order valence-electron chi connectivity index (χ4n) is 1.33. The molecule has 84 valence electrons. The molecule has 0 fully saturated rings. The summed E-state index contributed by atoms with van der Waals surface area (Å²) in [6.45, 7) is 3.66. The molecule has 0 aromatic heterocycles. The van der Waals surface area contributed by atoms with Crippen molar-refractivity contribution < 1.29 is 0 Å². The summed E-state index contributed by atoms with van der Waals surface area (Å²) < 4.78 is 0. The largest absolute Gasteiger partial charge is 0.353 e. The highest BCUT2D eigenvalue weighted by Gasteiger charge is 2.04. The molecule has 0 radical (unpaired) electrons. The zero-order valence-electron chi connectivity index (χ0n) is 9.00. The first-order valence-electron chi connectivity index (χ1n) is 5.10. The van der Waals surface area contributed by atoms with Crippen molar-refractivity contribution in [2.24, 2.45) is 10.1 Å². The molecule has 0 saturated carbocycles. The monoisotopic (exact) mass is 236 g/mol. The van der Waals surface area contributed by atoms with E-state index in [2.05, 4.69) is 20.8 Å². The predicted molar refractivity (Wildman–Crippen MR) is 67.0 cm³/mol. The molecule has 2 N–H and O–H groups in total. The van der Waals surface area contributed by atoms with Gasteiger partial charge in [0, 0.05) is 12.1 Å². The van der Waals surface area contributed by atoms with E-state index in [-0.39, 0.29) is 0 Å². The van der Waals surface area contributed by atoms with Gasteiger partial charge in [-0.1, -0.05) is 41.4 Å². The van der Waals surface area contributed by atoms with Crippen LogP contribution in [0.15, 0.2) is 34.4 Å². The van der Waals surface area contributed by atoms with Gasteiger partial charge in [0.25, 0.3) is 0 Å². The van der Waals surface area contributed by atoms with Gasteiger partial charge in [0.2, 0.25) is 5.96 Å². The van der Waals surface area contributed by atoms with Crippen LogP contribution in [0.5, 0.6) is 0 Å². The van der Waals surface area contributed by atoms with Crippen molar-refractivity contribution in [3.05, 3.63) is 35.4 Å². The molecule has 4 nitrogen and oxygen atoms in total. The molecule has 0 aliphatic carbocycles. The standard InChI is InChI=1S/C11H13ClN4/c1-8-2-4-9(5-3-8)10(12)15-16-11-13-6-7-14-11/h2-5H,6-7H2,1H3,(H2,13,14,16). The zero-order valence-corrected chi connectivity index (χ0v) is 9.75. The predicted octanol–water partition coefficient (Wildman–Crippen LogP) is 1.44. The highest BCUT2D eigenvalue weighted by Crippen LogP contribution is 2.06. The average molecular weight is 237 g/mol. The number of halogens is 1. The van der Waals surface area contributed by atoms with Gasteiger partial charge in [0.05, 0.1) is 6.54 Å². The summed E-state index contributed by atoms with van der Waals surface area (Å²) in [6.07, 6.45) is 0. The van der Waals surface area contributed by atoms with Gasteiger partial charge < -0.3 is 5.32 Å². The van der Waals surface area contributed by atoms with Crippen molar-refractivity contribution in [2.45, 2.75) is 6.92 Å². The maximum atomic E-state index is 6.04. The van der Waals surface area contributed by atoms with Crippen molar-refractivity contribution in [3.63, 3.8) is 0 Å². The summed E-state index contributed by atoms with van der Waals surface area (Å²) in [5.41, 5.74) is 4.87. The lowest BCUT2D eigenvalue weighted by molar-refractivity contribution is 0.919. The molecule has 1 aliphatic rings. The number of benzene rings is 1. The Balaban J connectivity index is 2.03. The Kier molecular flexibility index (Phi) is 3.41. The number of hydrazone groups is 1. The molecule has 1 heterocycles. The number of aryl methyl sites for hydroxylation is 1. The van der Waals surface area contributed by atoms with E-state index in [1.165, 1.54) is 5.56 Å². The van der Waals surface area contributed by atoms with Crippen LogP contribution in [0.25, 0.3) is 0 Å². The molecule has 0 spiro atoms. The summed E-state index contributed by atoms with van der Waals surface area (Å²) >= 11 is 6.04. The van der Waals surface area contributed by atoms with Crippen molar-refractivity contribution in [1.82, 2.24) is 10.7 Å². The molecule has 1 aliphatic heterocycles. The van der Waals surface area contributed by atoms with Gasteiger partial charge in [0.1, 0.15) is 0 Å². The smallest absolute Gasteiger partial charge is 0.212 e. The molecule has 0 saturated heterocycles. The average Bonchev–Trinajstić information content (AvgIpc) is 2.80.